The molecule has 0 atom stereocenters. The summed E-state index contributed by atoms with van der Waals surface area (Å²) in [6.07, 6.45) is 7.26. The maximum atomic E-state index is 13.7. The largest absolute Gasteiger partial charge is 0.368 e. The number of nitrogens with zero attached hydrogens (tertiary/aromatic N) is 4. The summed E-state index contributed by atoms with van der Waals surface area (Å²) in [4.78, 5) is 46.3. The highest BCUT2D eigenvalue weighted by molar-refractivity contribution is 5.92. The highest BCUT2D eigenvalue weighted by Gasteiger charge is 2.55. The van der Waals surface area contributed by atoms with Crippen molar-refractivity contribution in [3.8, 4) is 0 Å². The van der Waals surface area contributed by atoms with Crippen LogP contribution in [0.3, 0.4) is 0 Å². The van der Waals surface area contributed by atoms with Crippen molar-refractivity contribution >= 4 is 17.8 Å². The van der Waals surface area contributed by atoms with E-state index in [-0.39, 0.29) is 29.6 Å². The summed E-state index contributed by atoms with van der Waals surface area (Å²) in [5.41, 5.74) is 5.40. The monoisotopic (exact) mass is 497 g/mol. The Kier molecular flexibility index (Phi) is 7.12. The van der Waals surface area contributed by atoms with Crippen LogP contribution in [0.5, 0.6) is 0 Å². The number of primary amides is 1. The standard InChI is InChI=1S/C28H43N5O3/c1-26(2,24(29)35)31(5)23(34)19-32-20-27(33(25(32)36)18-21-10-9-11-21)14-16-28(17-15-27,30(3)4)22-12-7-6-8-13-22/h6-8,12-13,21H,9-11,14-20H2,1-5H3,(H2,29,35)/t27-,28-. The van der Waals surface area contributed by atoms with Crippen LogP contribution in [0.1, 0.15) is 64.4 Å². The Hall–Kier alpha value is -2.61. The summed E-state index contributed by atoms with van der Waals surface area (Å²) in [7, 11) is 5.89. The predicted molar refractivity (Wildman–Crippen MR) is 140 cm³/mol. The highest BCUT2D eigenvalue weighted by Crippen LogP contribution is 2.49. The number of hydrogen-bond acceptors (Lipinski definition) is 4. The zero-order valence-electron chi connectivity index (χ0n) is 22.6. The second-order valence-electron chi connectivity index (χ2n) is 11.9. The number of carbonyl (C=O) groups is 3. The molecule has 8 heteroatoms. The number of carbonyl (C=O) groups excluding carboxylic acids is 3. The van der Waals surface area contributed by atoms with Gasteiger partial charge in [-0.25, -0.2) is 4.79 Å². The molecule has 4 amide bonds. The van der Waals surface area contributed by atoms with Gasteiger partial charge in [-0.15, -0.1) is 0 Å². The lowest BCUT2D eigenvalue weighted by Crippen LogP contribution is -2.56. The second kappa shape index (κ2) is 9.69. The number of nitrogens with two attached hydrogens (primary N) is 1. The molecule has 1 aliphatic heterocycles. The summed E-state index contributed by atoms with van der Waals surface area (Å²) in [6.45, 7) is 4.55. The minimum atomic E-state index is -1.12. The molecule has 1 aromatic rings. The van der Waals surface area contributed by atoms with Crippen LogP contribution in [-0.4, -0.2) is 89.3 Å². The molecule has 3 fully saturated rings. The van der Waals surface area contributed by atoms with Gasteiger partial charge in [-0.3, -0.25) is 14.5 Å². The van der Waals surface area contributed by atoms with Gasteiger partial charge in [0.25, 0.3) is 0 Å². The predicted octanol–water partition coefficient (Wildman–Crippen LogP) is 3.02. The van der Waals surface area contributed by atoms with Crippen LogP contribution in [-0.2, 0) is 15.1 Å². The SMILES string of the molecule is CN(C(=O)CN1C[C@]2(CC[C@@](c3ccccc3)(N(C)C)CC2)N(CC2CCC2)C1=O)C(C)(C)C(N)=O. The lowest BCUT2D eigenvalue weighted by Gasteiger charge is -2.51. The van der Waals surface area contributed by atoms with Crippen molar-refractivity contribution in [2.75, 3.05) is 40.8 Å². The Bertz CT molecular complexity index is 980. The fourth-order valence-corrected chi connectivity index (χ4v) is 6.26. The van der Waals surface area contributed by atoms with Crippen LogP contribution >= 0.6 is 0 Å². The first-order valence-electron chi connectivity index (χ1n) is 13.3. The Morgan fingerprint density at radius 2 is 1.67 bits per heavy atom. The third-order valence-electron chi connectivity index (χ3n) is 9.54. The molecule has 3 aliphatic rings. The molecule has 36 heavy (non-hydrogen) atoms. The van der Waals surface area contributed by atoms with Gasteiger partial charge in [0.05, 0.1) is 5.54 Å². The maximum absolute atomic E-state index is 13.7. The molecule has 0 bridgehead atoms. The van der Waals surface area contributed by atoms with Crippen molar-refractivity contribution in [1.82, 2.24) is 19.6 Å². The summed E-state index contributed by atoms with van der Waals surface area (Å²) in [5.74, 6) is -0.287. The summed E-state index contributed by atoms with van der Waals surface area (Å²) in [6, 6.07) is 10.6. The Balaban J connectivity index is 1.56. The van der Waals surface area contributed by atoms with Crippen LogP contribution in [0.15, 0.2) is 30.3 Å². The molecular formula is C28H43N5O3. The Morgan fingerprint density at radius 3 is 2.17 bits per heavy atom. The average Bonchev–Trinajstić information content (AvgIpc) is 3.06. The molecule has 8 nitrogen and oxygen atoms in total. The van der Waals surface area contributed by atoms with Crippen LogP contribution in [0.2, 0.25) is 0 Å². The van der Waals surface area contributed by atoms with Gasteiger partial charge in [0.15, 0.2) is 0 Å². The van der Waals surface area contributed by atoms with E-state index in [1.54, 1.807) is 25.8 Å². The molecule has 2 aliphatic carbocycles. The number of amides is 4. The van der Waals surface area contributed by atoms with Crippen LogP contribution in [0, 0.1) is 5.92 Å². The van der Waals surface area contributed by atoms with E-state index in [0.717, 1.165) is 32.2 Å². The number of hydrogen-bond donors (Lipinski definition) is 1. The number of benzene rings is 1. The molecule has 2 saturated carbocycles. The molecule has 1 aromatic carbocycles. The number of rotatable bonds is 8. The van der Waals surface area contributed by atoms with Crippen molar-refractivity contribution in [3.63, 3.8) is 0 Å². The quantitative estimate of drug-likeness (QED) is 0.598. The van der Waals surface area contributed by atoms with Gasteiger partial charge < -0.3 is 20.4 Å². The molecule has 1 spiro atoms. The molecule has 4 rings (SSSR count). The molecule has 0 unspecified atom stereocenters. The van der Waals surface area contributed by atoms with Gasteiger partial charge in [0, 0.05) is 25.7 Å². The van der Waals surface area contributed by atoms with Gasteiger partial charge in [-0.1, -0.05) is 36.8 Å². The van der Waals surface area contributed by atoms with E-state index in [0.29, 0.717) is 12.5 Å². The first-order valence-corrected chi connectivity index (χ1v) is 13.3. The maximum Gasteiger partial charge on any atom is 0.321 e. The molecule has 1 saturated heterocycles. The Morgan fingerprint density at radius 1 is 1.06 bits per heavy atom. The molecule has 198 valence electrons. The normalized spacial score (nSPS) is 27.0. The molecule has 2 N–H and O–H groups in total. The first kappa shape index (κ1) is 26.5. The van der Waals surface area contributed by atoms with Crippen molar-refractivity contribution in [1.29, 1.82) is 0 Å². The van der Waals surface area contributed by atoms with Gasteiger partial charge >= 0.3 is 6.03 Å². The summed E-state index contributed by atoms with van der Waals surface area (Å²) in [5, 5.41) is 0. The van der Waals surface area contributed by atoms with Crippen LogP contribution in [0.25, 0.3) is 0 Å². The van der Waals surface area contributed by atoms with Gasteiger partial charge in [0.1, 0.15) is 12.1 Å². The number of likely N-dealkylation sites (N-methyl/N-ethyl adjacent to an activating group) is 1. The van der Waals surface area contributed by atoms with Gasteiger partial charge in [-0.2, -0.15) is 0 Å². The fraction of sp³-hybridized carbons (Fsp3) is 0.679. The Labute approximate surface area is 215 Å². The molecule has 1 heterocycles. The van der Waals surface area contributed by atoms with E-state index in [1.165, 1.54) is 29.7 Å². The van der Waals surface area contributed by atoms with Crippen molar-refractivity contribution in [2.45, 2.75) is 75.4 Å². The topological polar surface area (TPSA) is 90.2 Å². The highest BCUT2D eigenvalue weighted by atomic mass is 16.2. The average molecular weight is 498 g/mol. The molecule has 0 aromatic heterocycles. The summed E-state index contributed by atoms with van der Waals surface area (Å²) < 4.78 is 0. The second-order valence-corrected chi connectivity index (χ2v) is 11.9. The van der Waals surface area contributed by atoms with Gasteiger partial charge in [0.2, 0.25) is 11.8 Å². The third kappa shape index (κ3) is 4.49. The van der Waals surface area contributed by atoms with Crippen molar-refractivity contribution in [2.24, 2.45) is 11.7 Å². The zero-order valence-corrected chi connectivity index (χ0v) is 22.6. The lowest BCUT2D eigenvalue weighted by atomic mass is 9.68. The van der Waals surface area contributed by atoms with E-state index >= 15 is 0 Å². The zero-order chi connectivity index (χ0) is 26.3. The molecular weight excluding hydrogens is 454 g/mol. The fourth-order valence-electron chi connectivity index (χ4n) is 6.26. The molecule has 0 radical (unpaired) electrons. The number of urea groups is 1. The van der Waals surface area contributed by atoms with E-state index in [2.05, 4.69) is 54.2 Å². The summed E-state index contributed by atoms with van der Waals surface area (Å²) >= 11 is 0. The van der Waals surface area contributed by atoms with E-state index in [1.807, 2.05) is 0 Å². The van der Waals surface area contributed by atoms with E-state index < -0.39 is 11.4 Å². The van der Waals surface area contributed by atoms with Gasteiger partial charge in [-0.05, 0) is 77.9 Å². The third-order valence-corrected chi connectivity index (χ3v) is 9.54. The smallest absolute Gasteiger partial charge is 0.321 e. The first-order chi connectivity index (χ1) is 16.9. The lowest BCUT2D eigenvalue weighted by molar-refractivity contribution is -0.142. The van der Waals surface area contributed by atoms with Crippen LogP contribution in [0.4, 0.5) is 4.79 Å². The van der Waals surface area contributed by atoms with Crippen molar-refractivity contribution in [3.05, 3.63) is 35.9 Å². The van der Waals surface area contributed by atoms with Crippen molar-refractivity contribution < 1.29 is 14.4 Å². The minimum absolute atomic E-state index is 0.0352. The van der Waals surface area contributed by atoms with E-state index in [9.17, 15) is 14.4 Å². The van der Waals surface area contributed by atoms with Crippen LogP contribution < -0.4 is 5.73 Å². The van der Waals surface area contributed by atoms with E-state index in [4.69, 9.17) is 5.73 Å². The minimum Gasteiger partial charge on any atom is -0.368 e.